The Kier molecular flexibility index (Phi) is 4.75. The molecule has 3 nitrogen and oxygen atoms in total. The van der Waals surface area contributed by atoms with Gasteiger partial charge in [0.15, 0.2) is 0 Å². The summed E-state index contributed by atoms with van der Waals surface area (Å²) in [6, 6.07) is 12.8. The minimum Gasteiger partial charge on any atom is -0.282 e. The molecule has 22 heavy (non-hydrogen) atoms. The van der Waals surface area contributed by atoms with Crippen molar-refractivity contribution < 1.29 is 13.0 Å². The molecule has 0 radical (unpaired) electrons. The van der Waals surface area contributed by atoms with Crippen molar-refractivity contribution in [3.63, 3.8) is 0 Å². The van der Waals surface area contributed by atoms with Crippen LogP contribution < -0.4 is 0 Å². The maximum atomic E-state index is 11.8. The lowest BCUT2D eigenvalue weighted by Gasteiger charge is -2.10. The van der Waals surface area contributed by atoms with E-state index in [1.54, 1.807) is 24.3 Å². The summed E-state index contributed by atoms with van der Waals surface area (Å²) in [5.41, 5.74) is 2.26. The van der Waals surface area contributed by atoms with Crippen LogP contribution in [0.1, 0.15) is 22.3 Å². The van der Waals surface area contributed by atoms with Crippen molar-refractivity contribution in [3.8, 4) is 0 Å². The Labute approximate surface area is 130 Å². The molecular formula is C18H16O3S. The highest BCUT2D eigenvalue weighted by Crippen LogP contribution is 2.27. The highest BCUT2D eigenvalue weighted by Gasteiger charge is 2.19. The number of benzene rings is 2. The molecule has 0 saturated heterocycles. The van der Waals surface area contributed by atoms with Crippen molar-refractivity contribution in [1.82, 2.24) is 0 Å². The van der Waals surface area contributed by atoms with Gasteiger partial charge in [0, 0.05) is 5.56 Å². The van der Waals surface area contributed by atoms with Crippen molar-refractivity contribution in [2.75, 3.05) is 0 Å². The molecule has 0 aromatic heterocycles. The topological polar surface area (TPSA) is 54.4 Å². The number of hydrogen-bond acceptors (Lipinski definition) is 2. The molecule has 112 valence electrons. The predicted molar refractivity (Wildman–Crippen MR) is 91.8 cm³/mol. The van der Waals surface area contributed by atoms with E-state index in [0.29, 0.717) is 16.7 Å². The molecule has 0 unspecified atom stereocenters. The average molecular weight is 312 g/mol. The first-order valence-corrected chi connectivity index (χ1v) is 8.04. The summed E-state index contributed by atoms with van der Waals surface area (Å²) in [6.07, 6.45) is 6.36. The van der Waals surface area contributed by atoms with Gasteiger partial charge in [0.2, 0.25) is 0 Å². The zero-order valence-corrected chi connectivity index (χ0v) is 12.8. The van der Waals surface area contributed by atoms with E-state index < -0.39 is 10.1 Å². The fourth-order valence-corrected chi connectivity index (χ4v) is 3.10. The second-order valence-corrected chi connectivity index (χ2v) is 5.97. The second-order valence-electron chi connectivity index (χ2n) is 4.61. The molecule has 0 spiro atoms. The fraction of sp³-hybridized carbons (Fsp3) is 0. The standard InChI is InChI=1S/C18H16O3S/c1-3-15-12-13-16(11-10-14-8-6-5-7-9-14)18(17(15)4-2)22(19,20)21/h3-13H,1-2H2,(H,19,20,21). The zero-order chi connectivity index (χ0) is 16.2. The maximum absolute atomic E-state index is 11.8. The van der Waals surface area contributed by atoms with E-state index in [1.807, 2.05) is 30.3 Å². The molecule has 2 rings (SSSR count). The highest BCUT2D eigenvalue weighted by atomic mass is 32.2. The van der Waals surface area contributed by atoms with E-state index in [0.717, 1.165) is 5.56 Å². The van der Waals surface area contributed by atoms with Crippen LogP contribution in [0.5, 0.6) is 0 Å². The third kappa shape index (κ3) is 3.42. The first kappa shape index (κ1) is 15.9. The monoisotopic (exact) mass is 312 g/mol. The predicted octanol–water partition coefficient (Wildman–Crippen LogP) is 4.39. The largest absolute Gasteiger partial charge is 0.295 e. The summed E-state index contributed by atoms with van der Waals surface area (Å²) in [5, 5.41) is 0. The summed E-state index contributed by atoms with van der Waals surface area (Å²) < 4.78 is 33.1. The van der Waals surface area contributed by atoms with E-state index in [1.165, 1.54) is 12.2 Å². The van der Waals surface area contributed by atoms with Crippen molar-refractivity contribution >= 4 is 34.4 Å². The van der Waals surface area contributed by atoms with Crippen LogP contribution in [-0.4, -0.2) is 13.0 Å². The molecule has 2 aromatic rings. The first-order valence-electron chi connectivity index (χ1n) is 6.60. The summed E-state index contributed by atoms with van der Waals surface area (Å²) in [7, 11) is -4.38. The SMILES string of the molecule is C=Cc1ccc(C=Cc2ccccc2)c(S(=O)(=O)O)c1C=C. The molecule has 4 heteroatoms. The van der Waals surface area contributed by atoms with Crippen LogP contribution in [0.25, 0.3) is 24.3 Å². The molecule has 0 atom stereocenters. The normalized spacial score (nSPS) is 11.5. The molecule has 0 bridgehead atoms. The summed E-state index contributed by atoms with van der Waals surface area (Å²) >= 11 is 0. The molecule has 0 fully saturated rings. The molecule has 0 aliphatic carbocycles. The van der Waals surface area contributed by atoms with E-state index >= 15 is 0 Å². The highest BCUT2D eigenvalue weighted by molar-refractivity contribution is 7.86. The Morgan fingerprint density at radius 3 is 2.05 bits per heavy atom. The van der Waals surface area contributed by atoms with E-state index in [-0.39, 0.29) is 4.90 Å². The molecule has 0 heterocycles. The molecule has 2 aromatic carbocycles. The first-order chi connectivity index (χ1) is 10.5. The van der Waals surface area contributed by atoms with Crippen LogP contribution in [0, 0.1) is 0 Å². The molecule has 0 aliphatic heterocycles. The maximum Gasteiger partial charge on any atom is 0.295 e. The van der Waals surface area contributed by atoms with Crippen LogP contribution in [0.3, 0.4) is 0 Å². The van der Waals surface area contributed by atoms with Crippen LogP contribution in [0.15, 0.2) is 60.5 Å². The minimum atomic E-state index is -4.38. The average Bonchev–Trinajstić information content (AvgIpc) is 2.51. The van der Waals surface area contributed by atoms with Crippen LogP contribution in [-0.2, 0) is 10.1 Å². The van der Waals surface area contributed by atoms with Gasteiger partial charge in [0.25, 0.3) is 10.1 Å². The van der Waals surface area contributed by atoms with Gasteiger partial charge in [-0.1, -0.05) is 79.9 Å². The Morgan fingerprint density at radius 1 is 0.864 bits per heavy atom. The summed E-state index contributed by atoms with van der Waals surface area (Å²) in [6.45, 7) is 7.27. The summed E-state index contributed by atoms with van der Waals surface area (Å²) in [4.78, 5) is -0.160. The van der Waals surface area contributed by atoms with Crippen molar-refractivity contribution in [1.29, 1.82) is 0 Å². The van der Waals surface area contributed by atoms with Crippen molar-refractivity contribution in [3.05, 3.63) is 77.9 Å². The van der Waals surface area contributed by atoms with Crippen LogP contribution in [0.2, 0.25) is 0 Å². The van der Waals surface area contributed by atoms with Crippen molar-refractivity contribution in [2.45, 2.75) is 4.90 Å². The van der Waals surface area contributed by atoms with Gasteiger partial charge in [-0.15, -0.1) is 0 Å². The van der Waals surface area contributed by atoms with Gasteiger partial charge in [0.05, 0.1) is 0 Å². The number of rotatable bonds is 5. The van der Waals surface area contributed by atoms with Crippen molar-refractivity contribution in [2.24, 2.45) is 0 Å². The molecule has 1 N–H and O–H groups in total. The number of hydrogen-bond donors (Lipinski definition) is 1. The van der Waals surface area contributed by atoms with E-state index in [9.17, 15) is 13.0 Å². The third-order valence-electron chi connectivity index (χ3n) is 3.20. The smallest absolute Gasteiger partial charge is 0.282 e. The fourth-order valence-electron chi connectivity index (χ4n) is 2.19. The lowest BCUT2D eigenvalue weighted by Crippen LogP contribution is -2.05. The van der Waals surface area contributed by atoms with Gasteiger partial charge in [-0.2, -0.15) is 8.42 Å². The van der Waals surface area contributed by atoms with Crippen LogP contribution >= 0.6 is 0 Å². The Hall–Kier alpha value is -2.43. The molecule has 0 amide bonds. The Bertz CT molecular complexity index is 832. The lowest BCUT2D eigenvalue weighted by atomic mass is 10.0. The van der Waals surface area contributed by atoms with E-state index in [2.05, 4.69) is 13.2 Å². The van der Waals surface area contributed by atoms with Gasteiger partial charge < -0.3 is 0 Å². The van der Waals surface area contributed by atoms with Gasteiger partial charge in [0.1, 0.15) is 4.90 Å². The van der Waals surface area contributed by atoms with E-state index in [4.69, 9.17) is 0 Å². The minimum absolute atomic E-state index is 0.160. The Morgan fingerprint density at radius 2 is 1.50 bits per heavy atom. The van der Waals surface area contributed by atoms with Crippen LogP contribution in [0.4, 0.5) is 0 Å². The third-order valence-corrected chi connectivity index (χ3v) is 4.17. The summed E-state index contributed by atoms with van der Waals surface area (Å²) in [5.74, 6) is 0. The molecular weight excluding hydrogens is 296 g/mol. The van der Waals surface area contributed by atoms with Gasteiger partial charge in [-0.3, -0.25) is 4.55 Å². The zero-order valence-electron chi connectivity index (χ0n) is 11.9. The molecule has 0 saturated carbocycles. The van der Waals surface area contributed by atoms with Gasteiger partial charge >= 0.3 is 0 Å². The van der Waals surface area contributed by atoms with Gasteiger partial charge in [-0.05, 0) is 16.7 Å². The lowest BCUT2D eigenvalue weighted by molar-refractivity contribution is 0.483. The van der Waals surface area contributed by atoms with Gasteiger partial charge in [-0.25, -0.2) is 0 Å². The quantitative estimate of drug-likeness (QED) is 0.658. The second kappa shape index (κ2) is 6.56. The molecule has 0 aliphatic rings. The Balaban J connectivity index is 2.64.